The van der Waals surface area contributed by atoms with E-state index < -0.39 is 29.5 Å². The van der Waals surface area contributed by atoms with Crippen molar-refractivity contribution in [1.82, 2.24) is 5.32 Å². The Morgan fingerprint density at radius 2 is 1.79 bits per heavy atom. The van der Waals surface area contributed by atoms with E-state index in [0.29, 0.717) is 11.3 Å². The first kappa shape index (κ1) is 21.0. The molecule has 3 N–H and O–H groups in total. The lowest BCUT2D eigenvalue weighted by molar-refractivity contribution is -0.274. The number of halogens is 3. The van der Waals surface area contributed by atoms with Gasteiger partial charge in [-0.2, -0.15) is 11.8 Å². The molecule has 10 heteroatoms. The van der Waals surface area contributed by atoms with Gasteiger partial charge >= 0.3 is 18.2 Å². The summed E-state index contributed by atoms with van der Waals surface area (Å²) in [6.45, 7) is -0.151. The standard InChI is InChI=1S/C19H17F3N2O4S/c20-19(21,22)28-14-7-5-13(6-8-14)24-17(26)16(25)23-10-18(27)11-29-9-12-3-1-2-4-15(12)18/h1-8,27H,9-11H2,(H,23,25)(H,24,26). The zero-order chi connectivity index (χ0) is 21.1. The Labute approximate surface area is 168 Å². The van der Waals surface area contributed by atoms with Gasteiger partial charge in [-0.25, -0.2) is 0 Å². The number of hydrogen-bond donors (Lipinski definition) is 3. The number of thioether (sulfide) groups is 1. The summed E-state index contributed by atoms with van der Waals surface area (Å²) in [7, 11) is 0. The fourth-order valence-electron chi connectivity index (χ4n) is 2.89. The lowest BCUT2D eigenvalue weighted by atomic mass is 9.91. The number of amides is 2. The molecule has 0 aliphatic carbocycles. The van der Waals surface area contributed by atoms with E-state index in [-0.39, 0.29) is 12.2 Å². The summed E-state index contributed by atoms with van der Waals surface area (Å²) in [5.41, 5.74) is 0.495. The Kier molecular flexibility index (Phi) is 6.04. The fourth-order valence-corrected chi connectivity index (χ4v) is 4.06. The molecular formula is C19H17F3N2O4S. The molecule has 6 nitrogen and oxygen atoms in total. The Bertz CT molecular complexity index is 905. The minimum absolute atomic E-state index is 0.122. The van der Waals surface area contributed by atoms with E-state index in [9.17, 15) is 27.9 Å². The van der Waals surface area contributed by atoms with Gasteiger partial charge in [0.2, 0.25) is 0 Å². The van der Waals surface area contributed by atoms with Crippen molar-refractivity contribution in [2.45, 2.75) is 17.7 Å². The van der Waals surface area contributed by atoms with E-state index in [1.807, 2.05) is 12.1 Å². The van der Waals surface area contributed by atoms with Crippen LogP contribution in [0.25, 0.3) is 0 Å². The highest BCUT2D eigenvalue weighted by atomic mass is 32.2. The first-order valence-corrected chi connectivity index (χ1v) is 9.65. The van der Waals surface area contributed by atoms with Crippen LogP contribution in [0.1, 0.15) is 11.1 Å². The molecule has 0 saturated heterocycles. The van der Waals surface area contributed by atoms with Crippen molar-refractivity contribution in [3.63, 3.8) is 0 Å². The van der Waals surface area contributed by atoms with Crippen LogP contribution >= 0.6 is 11.8 Å². The number of ether oxygens (including phenoxy) is 1. The summed E-state index contributed by atoms with van der Waals surface area (Å²) in [6.07, 6.45) is -4.82. The van der Waals surface area contributed by atoms with E-state index in [1.165, 1.54) is 23.9 Å². The molecule has 0 saturated carbocycles. The zero-order valence-corrected chi connectivity index (χ0v) is 15.8. The summed E-state index contributed by atoms with van der Waals surface area (Å²) in [6, 6.07) is 11.7. The second-order valence-corrected chi connectivity index (χ2v) is 7.38. The summed E-state index contributed by atoms with van der Waals surface area (Å²) in [4.78, 5) is 24.1. The lowest BCUT2D eigenvalue weighted by Crippen LogP contribution is -2.47. The van der Waals surface area contributed by atoms with Gasteiger partial charge < -0.3 is 20.5 Å². The molecular weight excluding hydrogens is 409 g/mol. The van der Waals surface area contributed by atoms with Crippen molar-refractivity contribution in [3.8, 4) is 5.75 Å². The largest absolute Gasteiger partial charge is 0.573 e. The van der Waals surface area contributed by atoms with Crippen LogP contribution in [-0.2, 0) is 20.9 Å². The molecule has 1 aliphatic heterocycles. The molecule has 0 aromatic heterocycles. The average Bonchev–Trinajstić information content (AvgIpc) is 2.67. The third-order valence-electron chi connectivity index (χ3n) is 4.21. The number of carbonyl (C=O) groups excluding carboxylic acids is 2. The maximum absolute atomic E-state index is 12.2. The van der Waals surface area contributed by atoms with Gasteiger partial charge in [-0.3, -0.25) is 9.59 Å². The first-order chi connectivity index (χ1) is 13.7. The SMILES string of the molecule is O=C(NCC1(O)CSCc2ccccc21)C(=O)Nc1ccc(OC(F)(F)F)cc1. The van der Waals surface area contributed by atoms with Crippen LogP contribution in [-0.4, -0.2) is 35.6 Å². The van der Waals surface area contributed by atoms with Crippen LogP contribution < -0.4 is 15.4 Å². The zero-order valence-electron chi connectivity index (χ0n) is 15.0. The molecule has 2 amide bonds. The number of fused-ring (bicyclic) bond motifs is 1. The molecule has 1 unspecified atom stereocenters. The number of nitrogens with one attached hydrogen (secondary N) is 2. The Hall–Kier alpha value is -2.72. The lowest BCUT2D eigenvalue weighted by Gasteiger charge is -2.34. The van der Waals surface area contributed by atoms with Gasteiger partial charge in [-0.05, 0) is 35.4 Å². The minimum atomic E-state index is -4.82. The van der Waals surface area contributed by atoms with Crippen LogP contribution in [0.3, 0.4) is 0 Å². The number of alkyl halides is 3. The van der Waals surface area contributed by atoms with E-state index in [2.05, 4.69) is 15.4 Å². The molecule has 154 valence electrons. The van der Waals surface area contributed by atoms with Gasteiger partial charge in [-0.15, -0.1) is 13.2 Å². The third-order valence-corrected chi connectivity index (χ3v) is 5.41. The predicted octanol–water partition coefficient (Wildman–Crippen LogP) is 2.77. The second kappa shape index (κ2) is 8.34. The smallest absolute Gasteiger partial charge is 0.406 e. The predicted molar refractivity (Wildman–Crippen MR) is 101 cm³/mol. The van der Waals surface area contributed by atoms with Crippen molar-refractivity contribution in [1.29, 1.82) is 0 Å². The number of hydrogen-bond acceptors (Lipinski definition) is 5. The average molecular weight is 426 g/mol. The van der Waals surface area contributed by atoms with Gasteiger partial charge in [0.25, 0.3) is 0 Å². The number of rotatable bonds is 4. The molecule has 0 spiro atoms. The molecule has 2 aromatic rings. The molecule has 2 aromatic carbocycles. The molecule has 1 heterocycles. The quantitative estimate of drug-likeness (QED) is 0.655. The highest BCUT2D eigenvalue weighted by Crippen LogP contribution is 2.35. The topological polar surface area (TPSA) is 87.7 Å². The van der Waals surface area contributed by atoms with Crippen LogP contribution in [0.4, 0.5) is 18.9 Å². The van der Waals surface area contributed by atoms with Crippen LogP contribution in [0, 0.1) is 0 Å². The van der Waals surface area contributed by atoms with Gasteiger partial charge in [0, 0.05) is 17.2 Å². The summed E-state index contributed by atoms with van der Waals surface area (Å²) in [5.74, 6) is -1.30. The second-order valence-electron chi connectivity index (χ2n) is 6.39. The molecule has 0 radical (unpaired) electrons. The molecule has 3 rings (SSSR count). The molecule has 0 bridgehead atoms. The molecule has 29 heavy (non-hydrogen) atoms. The Morgan fingerprint density at radius 1 is 1.10 bits per heavy atom. The Balaban J connectivity index is 1.57. The molecule has 1 aliphatic rings. The van der Waals surface area contributed by atoms with E-state index in [1.54, 1.807) is 12.1 Å². The van der Waals surface area contributed by atoms with Crippen molar-refractivity contribution < 1.29 is 32.6 Å². The molecule has 0 fully saturated rings. The van der Waals surface area contributed by atoms with Crippen molar-refractivity contribution in [2.75, 3.05) is 17.6 Å². The maximum Gasteiger partial charge on any atom is 0.573 e. The van der Waals surface area contributed by atoms with Crippen molar-refractivity contribution >= 4 is 29.3 Å². The van der Waals surface area contributed by atoms with Crippen molar-refractivity contribution in [3.05, 3.63) is 59.7 Å². The highest BCUT2D eigenvalue weighted by Gasteiger charge is 2.35. The number of anilines is 1. The van der Waals surface area contributed by atoms with Gasteiger partial charge in [-0.1, -0.05) is 24.3 Å². The number of benzene rings is 2. The first-order valence-electron chi connectivity index (χ1n) is 8.50. The van der Waals surface area contributed by atoms with E-state index in [0.717, 1.165) is 23.4 Å². The molecule has 1 atom stereocenters. The normalized spacial score (nSPS) is 18.5. The van der Waals surface area contributed by atoms with E-state index in [4.69, 9.17) is 0 Å². The van der Waals surface area contributed by atoms with Crippen molar-refractivity contribution in [2.24, 2.45) is 0 Å². The van der Waals surface area contributed by atoms with Gasteiger partial charge in [0.05, 0.1) is 6.54 Å². The van der Waals surface area contributed by atoms with Crippen LogP contribution in [0.5, 0.6) is 5.75 Å². The summed E-state index contributed by atoms with van der Waals surface area (Å²) < 4.78 is 40.2. The highest BCUT2D eigenvalue weighted by molar-refractivity contribution is 7.98. The van der Waals surface area contributed by atoms with Gasteiger partial charge in [0.15, 0.2) is 0 Å². The Morgan fingerprint density at radius 3 is 2.48 bits per heavy atom. The minimum Gasteiger partial charge on any atom is -0.406 e. The third kappa shape index (κ3) is 5.42. The fraction of sp³-hybridized carbons (Fsp3) is 0.263. The maximum atomic E-state index is 12.2. The number of aliphatic hydroxyl groups is 1. The number of carbonyl (C=O) groups is 2. The van der Waals surface area contributed by atoms with Crippen LogP contribution in [0.15, 0.2) is 48.5 Å². The van der Waals surface area contributed by atoms with Crippen LogP contribution in [0.2, 0.25) is 0 Å². The van der Waals surface area contributed by atoms with Gasteiger partial charge in [0.1, 0.15) is 11.4 Å². The van der Waals surface area contributed by atoms with E-state index >= 15 is 0 Å². The summed E-state index contributed by atoms with van der Waals surface area (Å²) >= 11 is 1.52. The monoisotopic (exact) mass is 426 g/mol. The summed E-state index contributed by atoms with van der Waals surface area (Å²) in [5, 5.41) is 15.6.